The number of furan rings is 1. The van der Waals surface area contributed by atoms with E-state index in [1.54, 1.807) is 18.2 Å². The van der Waals surface area contributed by atoms with E-state index in [1.165, 1.54) is 25.3 Å². The van der Waals surface area contributed by atoms with Crippen molar-refractivity contribution in [3.8, 4) is 0 Å². The van der Waals surface area contributed by atoms with Gasteiger partial charge in [0.15, 0.2) is 0 Å². The first kappa shape index (κ1) is 13.3. The molecule has 0 saturated heterocycles. The fourth-order valence-corrected chi connectivity index (χ4v) is 1.55. The van der Waals surface area contributed by atoms with E-state index >= 15 is 0 Å². The molecule has 0 fully saturated rings. The average Bonchev–Trinajstić information content (AvgIpc) is 2.85. The number of esters is 1. The highest BCUT2D eigenvalue weighted by Crippen LogP contribution is 2.12. The molecule has 1 aromatic heterocycles. The lowest BCUT2D eigenvalue weighted by molar-refractivity contribution is 0.0429. The van der Waals surface area contributed by atoms with Crippen molar-refractivity contribution in [3.05, 3.63) is 59.3 Å². The Balaban J connectivity index is 1.93. The molecule has 1 heterocycles. The Morgan fingerprint density at radius 2 is 2.11 bits per heavy atom. The highest BCUT2D eigenvalue weighted by molar-refractivity contribution is 5.86. The number of carbonyl (C=O) groups excluding carboxylic acids is 1. The van der Waals surface area contributed by atoms with Gasteiger partial charge in [-0.05, 0) is 29.8 Å². The zero-order chi connectivity index (χ0) is 13.7. The van der Waals surface area contributed by atoms with Crippen LogP contribution in [0, 0.1) is 5.82 Å². The van der Waals surface area contributed by atoms with Crippen molar-refractivity contribution < 1.29 is 23.1 Å². The summed E-state index contributed by atoms with van der Waals surface area (Å²) in [4.78, 5) is 11.7. The number of methoxy groups -OCH3 is 1. The quantitative estimate of drug-likeness (QED) is 0.779. The van der Waals surface area contributed by atoms with Crippen LogP contribution in [-0.2, 0) is 22.7 Å². The number of hydrogen-bond acceptors (Lipinski definition) is 4. The van der Waals surface area contributed by atoms with Crippen molar-refractivity contribution in [1.82, 2.24) is 0 Å². The van der Waals surface area contributed by atoms with Gasteiger partial charge in [-0.25, -0.2) is 9.18 Å². The van der Waals surface area contributed by atoms with Crippen LogP contribution in [0.3, 0.4) is 0 Å². The molecule has 2 aromatic rings. The molecular formula is C14H13FO4. The zero-order valence-corrected chi connectivity index (χ0v) is 10.4. The third-order valence-electron chi connectivity index (χ3n) is 2.41. The molecule has 0 aliphatic carbocycles. The summed E-state index contributed by atoms with van der Waals surface area (Å²) in [7, 11) is 1.53. The predicted molar refractivity (Wildman–Crippen MR) is 64.9 cm³/mol. The van der Waals surface area contributed by atoms with Gasteiger partial charge in [0, 0.05) is 7.11 Å². The summed E-state index contributed by atoms with van der Waals surface area (Å²) in [6, 6.07) is 9.03. The van der Waals surface area contributed by atoms with E-state index in [9.17, 15) is 9.18 Å². The van der Waals surface area contributed by atoms with E-state index in [0.717, 1.165) is 0 Å². The molecule has 4 nitrogen and oxygen atoms in total. The lowest BCUT2D eigenvalue weighted by Crippen LogP contribution is -2.04. The Labute approximate surface area is 109 Å². The second-order valence-corrected chi connectivity index (χ2v) is 3.91. The maximum absolute atomic E-state index is 12.9. The minimum Gasteiger partial charge on any atom is -0.455 e. The maximum atomic E-state index is 12.9. The van der Waals surface area contributed by atoms with Gasteiger partial charge in [0.05, 0.1) is 0 Å². The molecular weight excluding hydrogens is 251 g/mol. The first-order valence-corrected chi connectivity index (χ1v) is 5.68. The van der Waals surface area contributed by atoms with Gasteiger partial charge in [-0.15, -0.1) is 0 Å². The largest absolute Gasteiger partial charge is 0.455 e. The van der Waals surface area contributed by atoms with Gasteiger partial charge in [-0.3, -0.25) is 0 Å². The number of hydrogen-bond donors (Lipinski definition) is 0. The standard InChI is InChI=1S/C14H13FO4/c1-17-9-12-5-6-13(19-12)14(16)18-8-10-3-2-4-11(15)7-10/h2-7H,8-9H2,1H3. The second-order valence-electron chi connectivity index (χ2n) is 3.91. The van der Waals surface area contributed by atoms with Crippen molar-refractivity contribution in [2.45, 2.75) is 13.2 Å². The Bertz CT molecular complexity index is 562. The van der Waals surface area contributed by atoms with E-state index in [0.29, 0.717) is 11.3 Å². The highest BCUT2D eigenvalue weighted by Gasteiger charge is 2.12. The molecule has 2 rings (SSSR count). The molecule has 0 spiro atoms. The van der Waals surface area contributed by atoms with Crippen LogP contribution in [0.1, 0.15) is 21.9 Å². The molecule has 1 aromatic carbocycles. The fourth-order valence-electron chi connectivity index (χ4n) is 1.55. The lowest BCUT2D eigenvalue weighted by Gasteiger charge is -2.03. The van der Waals surface area contributed by atoms with Crippen molar-refractivity contribution in [1.29, 1.82) is 0 Å². The summed E-state index contributed by atoms with van der Waals surface area (Å²) < 4.78 is 28.1. The summed E-state index contributed by atoms with van der Waals surface area (Å²) in [6.45, 7) is 0.286. The average molecular weight is 264 g/mol. The van der Waals surface area contributed by atoms with Crippen LogP contribution < -0.4 is 0 Å². The van der Waals surface area contributed by atoms with E-state index in [4.69, 9.17) is 13.9 Å². The molecule has 5 heteroatoms. The number of ether oxygens (including phenoxy) is 2. The monoisotopic (exact) mass is 264 g/mol. The van der Waals surface area contributed by atoms with E-state index in [-0.39, 0.29) is 24.8 Å². The molecule has 0 bridgehead atoms. The van der Waals surface area contributed by atoms with Crippen LogP contribution in [0.25, 0.3) is 0 Å². The first-order valence-electron chi connectivity index (χ1n) is 5.68. The maximum Gasteiger partial charge on any atom is 0.374 e. The van der Waals surface area contributed by atoms with Gasteiger partial charge in [-0.2, -0.15) is 0 Å². The smallest absolute Gasteiger partial charge is 0.374 e. The van der Waals surface area contributed by atoms with E-state index in [1.807, 2.05) is 0 Å². The normalized spacial score (nSPS) is 10.4. The zero-order valence-electron chi connectivity index (χ0n) is 10.4. The van der Waals surface area contributed by atoms with Crippen LogP contribution in [0.5, 0.6) is 0 Å². The molecule has 0 saturated carbocycles. The Kier molecular flexibility index (Phi) is 4.30. The van der Waals surface area contributed by atoms with Gasteiger partial charge < -0.3 is 13.9 Å². The minimum absolute atomic E-state index is 0.00307. The Morgan fingerprint density at radius 1 is 1.26 bits per heavy atom. The minimum atomic E-state index is -0.591. The van der Waals surface area contributed by atoms with Gasteiger partial charge in [0.1, 0.15) is 24.8 Å². The fraction of sp³-hybridized carbons (Fsp3) is 0.214. The molecule has 0 N–H and O–H groups in total. The SMILES string of the molecule is COCc1ccc(C(=O)OCc2cccc(F)c2)o1. The summed E-state index contributed by atoms with van der Waals surface area (Å²) in [5.41, 5.74) is 0.581. The summed E-state index contributed by atoms with van der Waals surface area (Å²) in [5, 5.41) is 0. The molecule has 19 heavy (non-hydrogen) atoms. The third-order valence-corrected chi connectivity index (χ3v) is 2.41. The topological polar surface area (TPSA) is 48.7 Å². The van der Waals surface area contributed by atoms with E-state index < -0.39 is 5.97 Å². The highest BCUT2D eigenvalue weighted by atomic mass is 19.1. The molecule has 0 amide bonds. The van der Waals surface area contributed by atoms with Gasteiger partial charge in [0.2, 0.25) is 5.76 Å². The summed E-state index contributed by atoms with van der Waals surface area (Å²) in [5.74, 6) is -0.316. The van der Waals surface area contributed by atoms with Crippen LogP contribution >= 0.6 is 0 Å². The van der Waals surface area contributed by atoms with Crippen molar-refractivity contribution >= 4 is 5.97 Å². The van der Waals surface area contributed by atoms with Crippen molar-refractivity contribution in [2.24, 2.45) is 0 Å². The van der Waals surface area contributed by atoms with Gasteiger partial charge >= 0.3 is 5.97 Å². The van der Waals surface area contributed by atoms with Crippen LogP contribution in [0.15, 0.2) is 40.8 Å². The number of benzene rings is 1. The van der Waals surface area contributed by atoms with Crippen LogP contribution in [0.2, 0.25) is 0 Å². The summed E-state index contributed by atoms with van der Waals surface area (Å²) in [6.07, 6.45) is 0. The Hall–Kier alpha value is -2.14. The number of halogens is 1. The second kappa shape index (κ2) is 6.15. The van der Waals surface area contributed by atoms with Crippen LogP contribution in [0.4, 0.5) is 4.39 Å². The molecule has 0 radical (unpaired) electrons. The molecule has 0 unspecified atom stereocenters. The first-order chi connectivity index (χ1) is 9.19. The molecule has 0 aliphatic heterocycles. The predicted octanol–water partition coefficient (Wildman–Crippen LogP) is 2.92. The third kappa shape index (κ3) is 3.66. The summed E-state index contributed by atoms with van der Waals surface area (Å²) >= 11 is 0. The molecule has 0 atom stereocenters. The molecule has 100 valence electrons. The molecule has 0 aliphatic rings. The van der Waals surface area contributed by atoms with Gasteiger partial charge in [0.25, 0.3) is 0 Å². The van der Waals surface area contributed by atoms with Gasteiger partial charge in [-0.1, -0.05) is 12.1 Å². The Morgan fingerprint density at radius 3 is 2.84 bits per heavy atom. The lowest BCUT2D eigenvalue weighted by atomic mass is 10.2. The number of carbonyl (C=O) groups is 1. The number of rotatable bonds is 5. The van der Waals surface area contributed by atoms with Crippen molar-refractivity contribution in [2.75, 3.05) is 7.11 Å². The van der Waals surface area contributed by atoms with E-state index in [2.05, 4.69) is 0 Å². The van der Waals surface area contributed by atoms with Crippen molar-refractivity contribution in [3.63, 3.8) is 0 Å². The van der Waals surface area contributed by atoms with Crippen LogP contribution in [-0.4, -0.2) is 13.1 Å².